The maximum absolute atomic E-state index is 15.2. The van der Waals surface area contributed by atoms with Gasteiger partial charge in [-0.15, -0.1) is 0 Å². The molecule has 498 valence electrons. The van der Waals surface area contributed by atoms with Crippen molar-refractivity contribution in [3.05, 3.63) is 70.8 Å². The van der Waals surface area contributed by atoms with Crippen molar-refractivity contribution in [2.24, 2.45) is 35.5 Å². The number of rotatable bonds is 16. The Kier molecular flexibility index (Phi) is 30.6. The molecule has 2 aromatic carbocycles. The molecule has 4 amide bonds. The second kappa shape index (κ2) is 36.9. The topological polar surface area (TPSA) is 186 Å². The lowest BCUT2D eigenvalue weighted by molar-refractivity contribution is -0.176. The average Bonchev–Trinajstić information content (AvgIpc) is 3.66. The number of cyclic esters (lactones) is 4. The summed E-state index contributed by atoms with van der Waals surface area (Å²) in [6.45, 7) is 17.9. The van der Waals surface area contributed by atoms with Crippen LogP contribution in [0.4, 0.5) is 0 Å². The molecule has 1 heterocycles. The number of ether oxygens (including phenoxy) is 4. The molecule has 16 heteroatoms. The fourth-order valence-electron chi connectivity index (χ4n) is 13.2. The lowest BCUT2D eigenvalue weighted by atomic mass is 9.86. The zero-order valence-corrected chi connectivity index (χ0v) is 57.1. The molecule has 0 unspecified atom stereocenters. The van der Waals surface area contributed by atoms with Gasteiger partial charge in [0.25, 0.3) is 23.6 Å². The summed E-state index contributed by atoms with van der Waals surface area (Å²) in [4.78, 5) is 123. The molecule has 2 aromatic rings. The maximum atomic E-state index is 15.2. The number of hydrogen-bond donors (Lipinski definition) is 0. The van der Waals surface area contributed by atoms with E-state index in [-0.39, 0.29) is 62.2 Å². The molecule has 3 fully saturated rings. The lowest BCUT2D eigenvalue weighted by Gasteiger charge is -2.35. The van der Waals surface area contributed by atoms with Crippen LogP contribution in [0.2, 0.25) is 0 Å². The van der Waals surface area contributed by atoms with E-state index in [4.69, 9.17) is 18.9 Å². The van der Waals surface area contributed by atoms with Crippen LogP contribution in [0.15, 0.2) is 48.5 Å². The third-order valence-electron chi connectivity index (χ3n) is 18.6. The van der Waals surface area contributed by atoms with E-state index in [0.717, 1.165) is 12.8 Å². The quantitative estimate of drug-likeness (QED) is 0.114. The monoisotopic (exact) mass is 1240 g/mol. The molecule has 1 aliphatic heterocycles. The largest absolute Gasteiger partial charge is 0.451 e. The minimum Gasteiger partial charge on any atom is -0.451 e. The summed E-state index contributed by atoms with van der Waals surface area (Å²) in [5, 5.41) is 0. The average molecular weight is 1240 g/mol. The molecular weight excluding hydrogens is 1120 g/mol. The van der Waals surface area contributed by atoms with Gasteiger partial charge in [-0.2, -0.15) is 0 Å². The second-order valence-electron chi connectivity index (χ2n) is 28.3. The molecule has 2 aliphatic carbocycles. The number of hydrogen-bond acceptors (Lipinski definition) is 12. The van der Waals surface area contributed by atoms with Gasteiger partial charge in [-0.1, -0.05) is 213 Å². The molecule has 0 bridgehead atoms. The molecule has 8 atom stereocenters. The number of carbonyl (C=O) groups is 8. The molecule has 3 aliphatic rings. The van der Waals surface area contributed by atoms with Gasteiger partial charge >= 0.3 is 23.9 Å². The Morgan fingerprint density at radius 1 is 0.326 bits per heavy atom. The Bertz CT molecular complexity index is 2530. The molecule has 16 nitrogen and oxygen atoms in total. The Morgan fingerprint density at radius 3 is 0.787 bits per heavy atom. The molecule has 5 rings (SSSR count). The molecule has 89 heavy (non-hydrogen) atoms. The minimum atomic E-state index is -1.48. The standard InChI is InChI=1S/C73H114N4O12/c1-48(2)40-60-70(82)86-53(10)67(79)75(12)63(43-51(7)8)73(85)89-65(47-59-38-34-57(35-39-59)45-55-30-26-22-19-23-27-31-55)69(81)77(14)61(41-49(3)4)71(83)87-52(9)66(78)74(11)62(42-50(5)6)72(84)88-64(68(80)76(60)13)46-58-36-32-56(33-37-58)44-54-28-24-20-17-15-16-18-21-25-29-54/h32-39,48-55,60-65H,15-31,40-47H2,1-14H3/t52-,53-,60+,61+,62+,63+,64-,65-/m1/s1. The van der Waals surface area contributed by atoms with E-state index in [2.05, 4.69) is 24.3 Å². The number of amides is 4. The van der Waals surface area contributed by atoms with Gasteiger partial charge < -0.3 is 38.5 Å². The van der Waals surface area contributed by atoms with Gasteiger partial charge in [0.2, 0.25) is 0 Å². The van der Waals surface area contributed by atoms with Gasteiger partial charge in [0, 0.05) is 41.0 Å². The van der Waals surface area contributed by atoms with Gasteiger partial charge in [0.15, 0.2) is 24.4 Å². The van der Waals surface area contributed by atoms with Crippen LogP contribution in [-0.4, -0.2) is 144 Å². The molecule has 0 aromatic heterocycles. The van der Waals surface area contributed by atoms with Crippen molar-refractivity contribution in [2.45, 2.75) is 278 Å². The van der Waals surface area contributed by atoms with Gasteiger partial charge in [0.05, 0.1) is 0 Å². The van der Waals surface area contributed by atoms with Crippen molar-refractivity contribution in [3.63, 3.8) is 0 Å². The van der Waals surface area contributed by atoms with Crippen molar-refractivity contribution in [2.75, 3.05) is 28.2 Å². The van der Waals surface area contributed by atoms with Gasteiger partial charge in [-0.05, 0) is 110 Å². The second-order valence-corrected chi connectivity index (χ2v) is 28.3. The Hall–Kier alpha value is -5.80. The number of benzene rings is 2. The minimum absolute atomic E-state index is 0.0633. The first kappa shape index (κ1) is 73.9. The molecule has 0 N–H and O–H groups in total. The Balaban J connectivity index is 1.55. The predicted molar refractivity (Wildman–Crippen MR) is 348 cm³/mol. The van der Waals surface area contributed by atoms with Crippen molar-refractivity contribution in [3.8, 4) is 0 Å². The van der Waals surface area contributed by atoms with Gasteiger partial charge in [-0.25, -0.2) is 19.2 Å². The van der Waals surface area contributed by atoms with Crippen LogP contribution in [0.1, 0.15) is 226 Å². The SMILES string of the molecule is CC(C)C[C@H]1C(=O)O[C@H](Cc2ccc(CC3CCCCCCC3)cc2)C(=O)N(C)[C@@H](CC(C)C)C(=O)O[C@H](C)C(=O)N(C)[C@@H](CC(C)C)C(=O)O[C@H](Cc2ccc(CC3CCCCCCCCCC3)cc2)C(=O)N(C)[C@@H](CC(C)C)C(=O)O[C@H](C)C(=O)N1C. The highest BCUT2D eigenvalue weighted by atomic mass is 16.6. The van der Waals surface area contributed by atoms with E-state index in [9.17, 15) is 28.8 Å². The molecule has 0 radical (unpaired) electrons. The normalized spacial score (nSPS) is 25.6. The molecule has 1 saturated heterocycles. The summed E-state index contributed by atoms with van der Waals surface area (Å²) in [5.74, 6) is -5.81. The van der Waals surface area contributed by atoms with Crippen LogP contribution < -0.4 is 0 Å². The van der Waals surface area contributed by atoms with E-state index in [1.54, 1.807) is 0 Å². The smallest absolute Gasteiger partial charge is 0.329 e. The van der Waals surface area contributed by atoms with E-state index < -0.39 is 96.1 Å². The summed E-state index contributed by atoms with van der Waals surface area (Å²) in [6, 6.07) is 11.0. The molecule has 0 spiro atoms. The van der Waals surface area contributed by atoms with Crippen molar-refractivity contribution >= 4 is 47.5 Å². The number of likely N-dealkylation sites (N-methyl/N-ethyl adjacent to an activating group) is 4. The van der Waals surface area contributed by atoms with Gasteiger partial charge in [0.1, 0.15) is 24.2 Å². The lowest BCUT2D eigenvalue weighted by Crippen LogP contribution is -2.55. The maximum Gasteiger partial charge on any atom is 0.329 e. The first-order chi connectivity index (χ1) is 42.2. The first-order valence-corrected chi connectivity index (χ1v) is 34.3. The van der Waals surface area contributed by atoms with E-state index in [1.165, 1.54) is 182 Å². The van der Waals surface area contributed by atoms with Crippen LogP contribution in [0, 0.1) is 35.5 Å². The molecule has 2 saturated carbocycles. The van der Waals surface area contributed by atoms with E-state index in [1.807, 2.05) is 79.7 Å². The Morgan fingerprint density at radius 2 is 0.539 bits per heavy atom. The zero-order chi connectivity index (χ0) is 65.5. The third kappa shape index (κ3) is 23.8. The summed E-state index contributed by atoms with van der Waals surface area (Å²) in [7, 11) is 5.76. The summed E-state index contributed by atoms with van der Waals surface area (Å²) >= 11 is 0. The highest BCUT2D eigenvalue weighted by Crippen LogP contribution is 2.29. The number of nitrogens with zero attached hydrogens (tertiary/aromatic N) is 4. The van der Waals surface area contributed by atoms with Crippen LogP contribution in [0.25, 0.3) is 0 Å². The van der Waals surface area contributed by atoms with Gasteiger partial charge in [-0.3, -0.25) is 19.2 Å². The fourth-order valence-corrected chi connectivity index (χ4v) is 13.2. The van der Waals surface area contributed by atoms with Crippen LogP contribution in [0.5, 0.6) is 0 Å². The number of carbonyl (C=O) groups excluding carboxylic acids is 8. The highest BCUT2D eigenvalue weighted by molar-refractivity contribution is 5.94. The fraction of sp³-hybridized carbons (Fsp3) is 0.726. The Labute approximate surface area is 535 Å². The summed E-state index contributed by atoms with van der Waals surface area (Å²) in [5.41, 5.74) is 3.77. The number of esters is 4. The highest BCUT2D eigenvalue weighted by Gasteiger charge is 2.43. The van der Waals surface area contributed by atoms with Crippen LogP contribution in [-0.2, 0) is 83.0 Å². The zero-order valence-electron chi connectivity index (χ0n) is 57.1. The van der Waals surface area contributed by atoms with Crippen molar-refractivity contribution in [1.29, 1.82) is 0 Å². The first-order valence-electron chi connectivity index (χ1n) is 34.3. The van der Waals surface area contributed by atoms with E-state index in [0.29, 0.717) is 23.0 Å². The van der Waals surface area contributed by atoms with E-state index >= 15 is 9.59 Å². The summed E-state index contributed by atoms with van der Waals surface area (Å²) < 4.78 is 24.6. The van der Waals surface area contributed by atoms with Crippen LogP contribution >= 0.6 is 0 Å². The molecular formula is C73H114N4O12. The third-order valence-corrected chi connectivity index (χ3v) is 18.6. The van der Waals surface area contributed by atoms with Crippen LogP contribution in [0.3, 0.4) is 0 Å². The van der Waals surface area contributed by atoms with Crippen molar-refractivity contribution < 1.29 is 57.3 Å². The summed E-state index contributed by atoms with van der Waals surface area (Å²) in [6.07, 6.45) is 17.4. The van der Waals surface area contributed by atoms with Crippen molar-refractivity contribution in [1.82, 2.24) is 19.6 Å². The predicted octanol–water partition coefficient (Wildman–Crippen LogP) is 12.6.